The molecule has 2 amide bonds. The molecular weight excluding hydrogens is 727 g/mol. The number of aliphatic hydroxyl groups excluding tert-OH is 1. The van der Waals surface area contributed by atoms with Crippen LogP contribution in [0.5, 0.6) is 0 Å². The number of carbonyl (C=O) groups is 2. The Labute approximate surface area is 345 Å². The van der Waals surface area contributed by atoms with E-state index in [9.17, 15) is 14.7 Å². The van der Waals surface area contributed by atoms with Gasteiger partial charge >= 0.3 is 12.2 Å². The van der Waals surface area contributed by atoms with Crippen LogP contribution in [-0.2, 0) is 33.8 Å². The molecule has 1 atom stereocenters. The number of hydrogen-bond acceptors (Lipinski definition) is 13. The van der Waals surface area contributed by atoms with Crippen molar-refractivity contribution in [2.75, 3.05) is 78.5 Å². The molecule has 0 spiro atoms. The van der Waals surface area contributed by atoms with Crippen molar-refractivity contribution in [2.45, 2.75) is 144 Å². The van der Waals surface area contributed by atoms with Gasteiger partial charge in [0.25, 0.3) is 0 Å². The lowest BCUT2D eigenvalue weighted by Crippen LogP contribution is -2.39. The Morgan fingerprint density at radius 3 is 1.09 bits per heavy atom. The molecule has 0 aliphatic heterocycles. The summed E-state index contributed by atoms with van der Waals surface area (Å²) >= 11 is 0. The number of ether oxygens (including phenoxy) is 3. The summed E-state index contributed by atoms with van der Waals surface area (Å²) < 4.78 is 16.0. The summed E-state index contributed by atoms with van der Waals surface area (Å²) in [6.07, 6.45) is 3.99. The van der Waals surface area contributed by atoms with Crippen LogP contribution in [0.1, 0.15) is 118 Å². The first-order valence-electron chi connectivity index (χ1n) is 21.3. The van der Waals surface area contributed by atoms with Gasteiger partial charge in [0, 0.05) is 39.3 Å². The normalized spacial score (nSPS) is 12.7. The Morgan fingerprint density at radius 2 is 0.772 bits per heavy atom. The summed E-state index contributed by atoms with van der Waals surface area (Å²) in [6, 6.07) is 6.89. The summed E-state index contributed by atoms with van der Waals surface area (Å²) in [7, 11) is 0. The van der Waals surface area contributed by atoms with Gasteiger partial charge < -0.3 is 61.9 Å². The highest BCUT2D eigenvalue weighted by Crippen LogP contribution is 2.12. The van der Waals surface area contributed by atoms with Crippen molar-refractivity contribution in [1.29, 1.82) is 0 Å². The highest BCUT2D eigenvalue weighted by atomic mass is 16.6. The number of rotatable bonds is 32. The second-order valence-electron chi connectivity index (χ2n) is 17.5. The number of hydrogen-bond donors (Lipinski definition) is 10. The predicted molar refractivity (Wildman–Crippen MR) is 231 cm³/mol. The number of aliphatic hydroxyl groups is 1. The Bertz CT molecular complexity index is 1120. The van der Waals surface area contributed by atoms with E-state index < -0.39 is 17.6 Å². The summed E-state index contributed by atoms with van der Waals surface area (Å²) in [6.45, 7) is 29.3. The van der Waals surface area contributed by atoms with Crippen LogP contribution in [0, 0.1) is 0 Å². The fourth-order valence-corrected chi connectivity index (χ4v) is 5.49. The van der Waals surface area contributed by atoms with Gasteiger partial charge in [-0.3, -0.25) is 5.32 Å². The van der Waals surface area contributed by atoms with Gasteiger partial charge in [0.2, 0.25) is 6.41 Å². The topological polar surface area (TPSA) is 190 Å². The third-order valence-corrected chi connectivity index (χ3v) is 7.93. The molecule has 0 radical (unpaired) electrons. The van der Waals surface area contributed by atoms with E-state index in [1.54, 1.807) is 0 Å². The van der Waals surface area contributed by atoms with Crippen LogP contribution in [0.4, 0.5) is 9.59 Å². The van der Waals surface area contributed by atoms with E-state index in [1.807, 2.05) is 62.3 Å². The zero-order chi connectivity index (χ0) is 42.4. The quantitative estimate of drug-likeness (QED) is 0.0374. The van der Waals surface area contributed by atoms with E-state index in [2.05, 4.69) is 66.1 Å². The first-order valence-corrected chi connectivity index (χ1v) is 21.3. The van der Waals surface area contributed by atoms with E-state index in [0.29, 0.717) is 19.6 Å². The van der Waals surface area contributed by atoms with Crippen molar-refractivity contribution < 1.29 is 28.9 Å². The minimum atomic E-state index is -0.943. The Kier molecular flexibility index (Phi) is 28.0. The fraction of sp³-hybridized carbons (Fsp3) is 0.810. The fourth-order valence-electron chi connectivity index (χ4n) is 5.49. The maximum absolute atomic E-state index is 11.8. The molecule has 1 aromatic rings. The molecule has 332 valence electrons. The van der Waals surface area contributed by atoms with Crippen molar-refractivity contribution in [3.63, 3.8) is 0 Å². The molecule has 15 heteroatoms. The van der Waals surface area contributed by atoms with Gasteiger partial charge in [0.1, 0.15) is 11.2 Å². The average Bonchev–Trinajstić information content (AvgIpc) is 3.08. The van der Waals surface area contributed by atoms with Crippen LogP contribution in [0.15, 0.2) is 18.2 Å². The minimum Gasteiger partial charge on any atom is -0.444 e. The molecule has 57 heavy (non-hydrogen) atoms. The van der Waals surface area contributed by atoms with Crippen molar-refractivity contribution in [3.8, 4) is 0 Å². The highest BCUT2D eigenvalue weighted by molar-refractivity contribution is 5.67. The number of benzene rings is 1. The largest absolute Gasteiger partial charge is 0.444 e. The monoisotopic (exact) mass is 810 g/mol. The van der Waals surface area contributed by atoms with Gasteiger partial charge in [0.05, 0.1) is 5.60 Å². The molecule has 0 fully saturated rings. The Balaban J connectivity index is 2.40. The molecular formula is C42H83N9O6. The molecule has 1 aromatic carbocycles. The van der Waals surface area contributed by atoms with Crippen LogP contribution in [0.2, 0.25) is 0 Å². The van der Waals surface area contributed by atoms with Crippen molar-refractivity contribution in [1.82, 2.24) is 47.9 Å². The van der Waals surface area contributed by atoms with Crippen molar-refractivity contribution in [3.05, 3.63) is 34.9 Å². The summed E-state index contributed by atoms with van der Waals surface area (Å²) in [5.41, 5.74) is 2.49. The van der Waals surface area contributed by atoms with Gasteiger partial charge in [-0.05, 0) is 176 Å². The number of carbonyl (C=O) groups excluding carboxylic acids is 2. The number of alkyl carbamates (subject to hydrolysis) is 2. The van der Waals surface area contributed by atoms with E-state index in [1.165, 1.54) is 16.7 Å². The van der Waals surface area contributed by atoms with Gasteiger partial charge in [-0.15, -0.1) is 0 Å². The minimum absolute atomic E-state index is 0.369. The second-order valence-corrected chi connectivity index (χ2v) is 17.5. The van der Waals surface area contributed by atoms with E-state index in [0.717, 1.165) is 117 Å². The molecule has 0 aromatic heterocycles. The van der Waals surface area contributed by atoms with Crippen LogP contribution < -0.4 is 47.9 Å². The van der Waals surface area contributed by atoms with Crippen LogP contribution in [0.3, 0.4) is 0 Å². The predicted octanol–water partition coefficient (Wildman–Crippen LogP) is 3.79. The Hall–Kier alpha value is -2.60. The molecule has 10 N–H and O–H groups in total. The second kappa shape index (κ2) is 30.4. The molecule has 1 unspecified atom stereocenters. The molecule has 0 heterocycles. The van der Waals surface area contributed by atoms with E-state index in [4.69, 9.17) is 14.2 Å². The smallest absolute Gasteiger partial charge is 0.407 e. The zero-order valence-corrected chi connectivity index (χ0v) is 37.1. The number of nitrogens with one attached hydrogen (secondary N) is 9. The van der Waals surface area contributed by atoms with Crippen molar-refractivity contribution in [2.24, 2.45) is 0 Å². The molecule has 1 rings (SSSR count). The lowest BCUT2D eigenvalue weighted by Gasteiger charge is -2.24. The number of amides is 2. The molecule has 0 aliphatic carbocycles. The van der Waals surface area contributed by atoms with Crippen molar-refractivity contribution >= 4 is 12.2 Å². The van der Waals surface area contributed by atoms with Gasteiger partial charge in [-0.2, -0.15) is 0 Å². The first-order chi connectivity index (χ1) is 26.9. The lowest BCUT2D eigenvalue weighted by molar-refractivity contribution is -0.181. The molecule has 0 bridgehead atoms. The van der Waals surface area contributed by atoms with Crippen LogP contribution >= 0.6 is 0 Å². The SMILES string of the molecule is CC(C)(C)OC(=O)NCCCNCCCNCc1cc(CNCCCNCCCNC(=O)OC(C)(C)C)cc(CNCCCNCCCNC(O)OC(C)(C)C)c1. The van der Waals surface area contributed by atoms with Crippen LogP contribution in [0.25, 0.3) is 0 Å². The maximum atomic E-state index is 11.8. The molecule has 0 aliphatic rings. The maximum Gasteiger partial charge on any atom is 0.407 e. The van der Waals surface area contributed by atoms with Gasteiger partial charge in [0.15, 0.2) is 0 Å². The summed E-state index contributed by atoms with van der Waals surface area (Å²) in [4.78, 5) is 23.5. The van der Waals surface area contributed by atoms with Gasteiger partial charge in [-0.25, -0.2) is 9.59 Å². The highest BCUT2D eigenvalue weighted by Gasteiger charge is 2.17. The van der Waals surface area contributed by atoms with Crippen LogP contribution in [-0.4, -0.2) is 119 Å². The lowest BCUT2D eigenvalue weighted by atomic mass is 10.0. The van der Waals surface area contributed by atoms with Gasteiger partial charge in [-0.1, -0.05) is 18.2 Å². The standard InChI is InChI=1S/C42H83N9O6/c1-40(2,3)55-37(52)49-25-13-19-43-16-10-22-46-31-34-28-35(32-47-23-11-17-44-20-14-26-50-38(53)56-41(4,5)6)30-36(29-34)33-48-24-12-18-45-21-15-27-51-39(54)57-42(7,8)9/h28-30,37,43-49,52H,10-27,31-33H2,1-9H3,(H,50,53)(H,51,54). The molecule has 0 saturated carbocycles. The van der Waals surface area contributed by atoms with E-state index >= 15 is 0 Å². The molecule has 15 nitrogen and oxygen atoms in total. The van der Waals surface area contributed by atoms with E-state index in [-0.39, 0.29) is 17.8 Å². The first kappa shape index (κ1) is 52.4. The third-order valence-electron chi connectivity index (χ3n) is 7.93. The summed E-state index contributed by atoms with van der Waals surface area (Å²) in [5.74, 6) is 0. The zero-order valence-electron chi connectivity index (χ0n) is 37.1. The molecule has 0 saturated heterocycles. The summed E-state index contributed by atoms with van der Waals surface area (Å²) in [5, 5.41) is 39.7. The average molecular weight is 810 g/mol. The third kappa shape index (κ3) is 35.1. The Morgan fingerprint density at radius 1 is 0.474 bits per heavy atom.